The standard InChI is InChI=1S/C12H22N2O3/c1-3-7-13-12(16)14-8-5-6-10(9-14)11(15)17-4-2/h10H,3-9H2,1-2H3,(H,13,16)/t10-/m1/s1. The van der Waals surface area contributed by atoms with Gasteiger partial charge in [0.15, 0.2) is 0 Å². The number of nitrogens with one attached hydrogen (secondary N) is 1. The third-order valence-electron chi connectivity index (χ3n) is 2.85. The van der Waals surface area contributed by atoms with E-state index in [1.807, 2.05) is 6.92 Å². The van der Waals surface area contributed by atoms with Gasteiger partial charge in [0.2, 0.25) is 0 Å². The molecule has 0 spiro atoms. The smallest absolute Gasteiger partial charge is 0.317 e. The lowest BCUT2D eigenvalue weighted by atomic mass is 9.98. The summed E-state index contributed by atoms with van der Waals surface area (Å²) in [6.07, 6.45) is 2.60. The topological polar surface area (TPSA) is 58.6 Å². The summed E-state index contributed by atoms with van der Waals surface area (Å²) in [5, 5.41) is 2.83. The van der Waals surface area contributed by atoms with Crippen LogP contribution in [0, 0.1) is 5.92 Å². The van der Waals surface area contributed by atoms with Crippen molar-refractivity contribution in [2.24, 2.45) is 5.92 Å². The van der Waals surface area contributed by atoms with Gasteiger partial charge in [0.05, 0.1) is 12.5 Å². The fourth-order valence-corrected chi connectivity index (χ4v) is 1.96. The van der Waals surface area contributed by atoms with Crippen molar-refractivity contribution in [1.29, 1.82) is 0 Å². The van der Waals surface area contributed by atoms with Gasteiger partial charge in [0.25, 0.3) is 0 Å². The number of ether oxygens (including phenoxy) is 1. The first-order valence-corrected chi connectivity index (χ1v) is 6.38. The molecule has 1 saturated heterocycles. The second kappa shape index (κ2) is 7.14. The third-order valence-corrected chi connectivity index (χ3v) is 2.85. The quantitative estimate of drug-likeness (QED) is 0.758. The normalized spacial score (nSPS) is 19.9. The molecule has 1 N–H and O–H groups in total. The first-order chi connectivity index (χ1) is 8.19. The van der Waals surface area contributed by atoms with Crippen molar-refractivity contribution >= 4 is 12.0 Å². The number of hydrogen-bond donors (Lipinski definition) is 1. The van der Waals surface area contributed by atoms with Gasteiger partial charge in [-0.3, -0.25) is 4.79 Å². The van der Waals surface area contributed by atoms with Crippen molar-refractivity contribution in [1.82, 2.24) is 10.2 Å². The van der Waals surface area contributed by atoms with E-state index in [1.165, 1.54) is 0 Å². The summed E-state index contributed by atoms with van der Waals surface area (Å²) in [5.41, 5.74) is 0. The molecule has 0 aliphatic carbocycles. The molecule has 0 aromatic carbocycles. The molecule has 0 bridgehead atoms. The third kappa shape index (κ3) is 4.24. The molecule has 0 unspecified atom stereocenters. The van der Waals surface area contributed by atoms with E-state index in [-0.39, 0.29) is 17.9 Å². The van der Waals surface area contributed by atoms with Crippen molar-refractivity contribution in [2.45, 2.75) is 33.1 Å². The van der Waals surface area contributed by atoms with E-state index in [2.05, 4.69) is 5.32 Å². The lowest BCUT2D eigenvalue weighted by Crippen LogP contribution is -2.47. The van der Waals surface area contributed by atoms with Crippen LogP contribution in [0.2, 0.25) is 0 Å². The molecule has 1 fully saturated rings. The molecule has 1 aliphatic rings. The summed E-state index contributed by atoms with van der Waals surface area (Å²) in [7, 11) is 0. The lowest BCUT2D eigenvalue weighted by molar-refractivity contribution is -0.149. The zero-order valence-corrected chi connectivity index (χ0v) is 10.7. The molecule has 0 aromatic heterocycles. The Bertz CT molecular complexity index is 268. The first-order valence-electron chi connectivity index (χ1n) is 6.38. The fraction of sp³-hybridized carbons (Fsp3) is 0.833. The van der Waals surface area contributed by atoms with Crippen LogP contribution in [0.4, 0.5) is 4.79 Å². The summed E-state index contributed by atoms with van der Waals surface area (Å²) in [4.78, 5) is 25.1. The average Bonchev–Trinajstić information content (AvgIpc) is 2.36. The van der Waals surface area contributed by atoms with Crippen LogP contribution >= 0.6 is 0 Å². The maximum absolute atomic E-state index is 11.7. The SMILES string of the molecule is CCCNC(=O)N1CCC[C@@H](C(=O)OCC)C1. The number of rotatable bonds is 4. The highest BCUT2D eigenvalue weighted by molar-refractivity contribution is 5.77. The minimum Gasteiger partial charge on any atom is -0.466 e. The molecule has 1 rings (SSSR count). The minimum atomic E-state index is -0.180. The molecule has 1 atom stereocenters. The largest absolute Gasteiger partial charge is 0.466 e. The Hall–Kier alpha value is -1.26. The number of likely N-dealkylation sites (tertiary alicyclic amines) is 1. The maximum atomic E-state index is 11.7. The Morgan fingerprint density at radius 3 is 2.82 bits per heavy atom. The summed E-state index contributed by atoms with van der Waals surface area (Å²) < 4.78 is 4.99. The van der Waals surface area contributed by atoms with E-state index >= 15 is 0 Å². The molecule has 5 heteroatoms. The second-order valence-corrected chi connectivity index (χ2v) is 4.27. The maximum Gasteiger partial charge on any atom is 0.317 e. The zero-order chi connectivity index (χ0) is 12.7. The number of carbonyl (C=O) groups is 2. The Labute approximate surface area is 102 Å². The highest BCUT2D eigenvalue weighted by Gasteiger charge is 2.28. The average molecular weight is 242 g/mol. The Morgan fingerprint density at radius 1 is 1.41 bits per heavy atom. The number of amides is 2. The predicted octanol–water partition coefficient (Wildman–Crippen LogP) is 1.38. The monoisotopic (exact) mass is 242 g/mol. The Morgan fingerprint density at radius 2 is 2.18 bits per heavy atom. The molecule has 2 amide bonds. The van der Waals surface area contributed by atoms with E-state index in [1.54, 1.807) is 11.8 Å². The summed E-state index contributed by atoms with van der Waals surface area (Å²) in [5.74, 6) is -0.337. The van der Waals surface area contributed by atoms with E-state index in [0.29, 0.717) is 19.7 Å². The Kier molecular flexibility index (Phi) is 5.80. The van der Waals surface area contributed by atoms with E-state index in [4.69, 9.17) is 4.74 Å². The van der Waals surface area contributed by atoms with Gasteiger partial charge in [-0.05, 0) is 26.2 Å². The molecule has 17 heavy (non-hydrogen) atoms. The van der Waals surface area contributed by atoms with Gasteiger partial charge in [-0.25, -0.2) is 4.79 Å². The zero-order valence-electron chi connectivity index (χ0n) is 10.7. The van der Waals surface area contributed by atoms with Gasteiger partial charge in [-0.2, -0.15) is 0 Å². The van der Waals surface area contributed by atoms with Crippen molar-refractivity contribution in [3.05, 3.63) is 0 Å². The van der Waals surface area contributed by atoms with Gasteiger partial charge in [-0.1, -0.05) is 6.92 Å². The molecular formula is C12H22N2O3. The Balaban J connectivity index is 2.42. The highest BCUT2D eigenvalue weighted by Crippen LogP contribution is 2.17. The minimum absolute atomic E-state index is 0.0687. The molecule has 1 heterocycles. The van der Waals surface area contributed by atoms with E-state index in [9.17, 15) is 9.59 Å². The van der Waals surface area contributed by atoms with Crippen LogP contribution in [-0.4, -0.2) is 43.1 Å². The van der Waals surface area contributed by atoms with Crippen molar-refractivity contribution in [3.63, 3.8) is 0 Å². The molecule has 0 aromatic rings. The van der Waals surface area contributed by atoms with Gasteiger partial charge in [-0.15, -0.1) is 0 Å². The van der Waals surface area contributed by atoms with Crippen LogP contribution in [0.1, 0.15) is 33.1 Å². The van der Waals surface area contributed by atoms with Crippen LogP contribution in [0.5, 0.6) is 0 Å². The van der Waals surface area contributed by atoms with Crippen LogP contribution in [0.25, 0.3) is 0 Å². The van der Waals surface area contributed by atoms with Crippen LogP contribution in [-0.2, 0) is 9.53 Å². The highest BCUT2D eigenvalue weighted by atomic mass is 16.5. The number of nitrogens with zero attached hydrogens (tertiary/aromatic N) is 1. The molecule has 1 aliphatic heterocycles. The number of carbonyl (C=O) groups excluding carboxylic acids is 2. The number of hydrogen-bond acceptors (Lipinski definition) is 3. The summed E-state index contributed by atoms with van der Waals surface area (Å²) in [6.45, 7) is 6.10. The number of urea groups is 1. The fourth-order valence-electron chi connectivity index (χ4n) is 1.96. The summed E-state index contributed by atoms with van der Waals surface area (Å²) in [6, 6.07) is -0.0687. The van der Waals surface area contributed by atoms with Gasteiger partial charge < -0.3 is 15.0 Å². The first kappa shape index (κ1) is 13.8. The van der Waals surface area contributed by atoms with Gasteiger partial charge >= 0.3 is 12.0 Å². The molecule has 98 valence electrons. The van der Waals surface area contributed by atoms with Crippen molar-refractivity contribution < 1.29 is 14.3 Å². The van der Waals surface area contributed by atoms with E-state index < -0.39 is 0 Å². The lowest BCUT2D eigenvalue weighted by Gasteiger charge is -2.31. The molecule has 5 nitrogen and oxygen atoms in total. The van der Waals surface area contributed by atoms with Crippen LogP contribution in [0.3, 0.4) is 0 Å². The van der Waals surface area contributed by atoms with E-state index in [0.717, 1.165) is 25.8 Å². The van der Waals surface area contributed by atoms with Crippen LogP contribution in [0.15, 0.2) is 0 Å². The molecule has 0 radical (unpaired) electrons. The molecule has 0 saturated carbocycles. The number of piperidine rings is 1. The molecular weight excluding hydrogens is 220 g/mol. The second-order valence-electron chi connectivity index (χ2n) is 4.27. The number of esters is 1. The predicted molar refractivity (Wildman–Crippen MR) is 64.6 cm³/mol. The van der Waals surface area contributed by atoms with Crippen LogP contribution < -0.4 is 5.32 Å². The van der Waals surface area contributed by atoms with Crippen molar-refractivity contribution in [2.75, 3.05) is 26.2 Å². The summed E-state index contributed by atoms with van der Waals surface area (Å²) >= 11 is 0. The van der Waals surface area contributed by atoms with Gasteiger partial charge in [0.1, 0.15) is 0 Å². The van der Waals surface area contributed by atoms with Crippen molar-refractivity contribution in [3.8, 4) is 0 Å². The van der Waals surface area contributed by atoms with Gasteiger partial charge in [0, 0.05) is 19.6 Å².